The summed E-state index contributed by atoms with van der Waals surface area (Å²) >= 11 is 0. The van der Waals surface area contributed by atoms with Gasteiger partial charge >= 0.3 is 0 Å². The molecule has 6 nitrogen and oxygen atoms in total. The van der Waals surface area contributed by atoms with Crippen molar-refractivity contribution in [3.63, 3.8) is 0 Å². The summed E-state index contributed by atoms with van der Waals surface area (Å²) in [5.41, 5.74) is 0.608. The molecule has 0 amide bonds. The minimum Gasteiger partial charge on any atom is -0.437 e. The van der Waals surface area contributed by atoms with Gasteiger partial charge in [0, 0.05) is 12.5 Å². The van der Waals surface area contributed by atoms with Gasteiger partial charge in [0.25, 0.3) is 0 Å². The summed E-state index contributed by atoms with van der Waals surface area (Å²) in [6, 6.07) is 8.13. The van der Waals surface area contributed by atoms with Gasteiger partial charge in [0.05, 0.1) is 22.0 Å². The lowest BCUT2D eigenvalue weighted by atomic mass is 10.2. The van der Waals surface area contributed by atoms with Crippen LogP contribution in [0.15, 0.2) is 53.9 Å². The maximum Gasteiger partial charge on any atom is 0.230 e. The molecule has 106 valence electrons. The third-order valence-corrected chi connectivity index (χ3v) is 3.96. The van der Waals surface area contributed by atoms with Crippen LogP contribution in [0.1, 0.15) is 0 Å². The maximum atomic E-state index is 11.7. The van der Waals surface area contributed by atoms with Gasteiger partial charge in [-0.05, 0) is 30.3 Å². The van der Waals surface area contributed by atoms with Crippen molar-refractivity contribution in [1.82, 2.24) is 15.0 Å². The van der Waals surface area contributed by atoms with E-state index in [4.69, 9.17) is 4.74 Å². The van der Waals surface area contributed by atoms with E-state index in [9.17, 15) is 8.42 Å². The SMILES string of the molecule is CS(=O)(=O)c1ccc2ncnc(Oc3cccnc3)c2c1. The van der Waals surface area contributed by atoms with E-state index in [-0.39, 0.29) is 4.90 Å². The first-order valence-electron chi connectivity index (χ1n) is 6.07. The van der Waals surface area contributed by atoms with E-state index in [0.29, 0.717) is 22.5 Å². The number of hydrogen-bond acceptors (Lipinski definition) is 6. The van der Waals surface area contributed by atoms with Crippen LogP contribution >= 0.6 is 0 Å². The van der Waals surface area contributed by atoms with Crippen molar-refractivity contribution in [2.75, 3.05) is 6.26 Å². The number of ether oxygens (including phenoxy) is 1. The number of sulfone groups is 1. The molecule has 0 aliphatic rings. The Morgan fingerprint density at radius 2 is 2.00 bits per heavy atom. The summed E-state index contributed by atoms with van der Waals surface area (Å²) in [4.78, 5) is 12.3. The Kier molecular flexibility index (Phi) is 3.26. The zero-order chi connectivity index (χ0) is 14.9. The third-order valence-electron chi connectivity index (χ3n) is 2.85. The van der Waals surface area contributed by atoms with Crippen LogP contribution in [0.2, 0.25) is 0 Å². The molecule has 3 aromatic rings. The van der Waals surface area contributed by atoms with Crippen molar-refractivity contribution in [2.24, 2.45) is 0 Å². The van der Waals surface area contributed by atoms with Crippen LogP contribution in [-0.4, -0.2) is 29.6 Å². The fourth-order valence-electron chi connectivity index (χ4n) is 1.84. The standard InChI is InChI=1S/C14H11N3O3S/c1-21(18,19)11-4-5-13-12(7-11)14(17-9-16-13)20-10-3-2-6-15-8-10/h2-9H,1H3. The van der Waals surface area contributed by atoms with Crippen molar-refractivity contribution in [3.05, 3.63) is 49.1 Å². The van der Waals surface area contributed by atoms with E-state index < -0.39 is 9.84 Å². The van der Waals surface area contributed by atoms with Gasteiger partial charge in [-0.1, -0.05) is 0 Å². The molecule has 0 aliphatic heterocycles. The topological polar surface area (TPSA) is 82.0 Å². The van der Waals surface area contributed by atoms with Gasteiger partial charge in [-0.2, -0.15) is 0 Å². The minimum absolute atomic E-state index is 0.195. The summed E-state index contributed by atoms with van der Waals surface area (Å²) in [6.07, 6.45) is 5.70. The molecule has 7 heteroatoms. The predicted molar refractivity (Wildman–Crippen MR) is 77.0 cm³/mol. The highest BCUT2D eigenvalue weighted by molar-refractivity contribution is 7.90. The molecule has 0 aliphatic carbocycles. The quantitative estimate of drug-likeness (QED) is 0.737. The Labute approximate surface area is 121 Å². The summed E-state index contributed by atoms with van der Waals surface area (Å²) < 4.78 is 29.0. The molecule has 0 saturated carbocycles. The van der Waals surface area contributed by atoms with Crippen molar-refractivity contribution in [3.8, 4) is 11.6 Å². The average Bonchev–Trinajstić information content (AvgIpc) is 2.47. The number of nitrogens with zero attached hydrogens (tertiary/aromatic N) is 3. The number of aromatic nitrogens is 3. The number of pyridine rings is 1. The van der Waals surface area contributed by atoms with Gasteiger partial charge in [-0.15, -0.1) is 0 Å². The van der Waals surface area contributed by atoms with E-state index >= 15 is 0 Å². The molecule has 0 radical (unpaired) electrons. The van der Waals surface area contributed by atoms with Gasteiger partial charge in [0.2, 0.25) is 5.88 Å². The van der Waals surface area contributed by atoms with Crippen LogP contribution in [0.3, 0.4) is 0 Å². The molecule has 0 spiro atoms. The molecule has 3 rings (SSSR count). The van der Waals surface area contributed by atoms with Gasteiger partial charge in [0.15, 0.2) is 9.84 Å². The highest BCUT2D eigenvalue weighted by Crippen LogP contribution is 2.27. The molecular formula is C14H11N3O3S. The molecule has 1 aromatic carbocycles. The zero-order valence-electron chi connectivity index (χ0n) is 11.1. The van der Waals surface area contributed by atoms with Crippen LogP contribution < -0.4 is 4.74 Å². The smallest absolute Gasteiger partial charge is 0.230 e. The fourth-order valence-corrected chi connectivity index (χ4v) is 2.49. The summed E-state index contributed by atoms with van der Waals surface area (Å²) in [6.45, 7) is 0. The Bertz CT molecular complexity index is 896. The van der Waals surface area contributed by atoms with E-state index in [0.717, 1.165) is 6.26 Å². The molecule has 0 saturated heterocycles. The van der Waals surface area contributed by atoms with Gasteiger partial charge in [-0.25, -0.2) is 18.4 Å². The number of rotatable bonds is 3. The van der Waals surface area contributed by atoms with Crippen LogP contribution in [-0.2, 0) is 9.84 Å². The fraction of sp³-hybridized carbons (Fsp3) is 0.0714. The number of hydrogen-bond donors (Lipinski definition) is 0. The number of fused-ring (bicyclic) bond motifs is 1. The Morgan fingerprint density at radius 3 is 2.71 bits per heavy atom. The van der Waals surface area contributed by atoms with Crippen LogP contribution in [0.25, 0.3) is 10.9 Å². The Morgan fingerprint density at radius 1 is 1.14 bits per heavy atom. The summed E-state index contributed by atoms with van der Waals surface area (Å²) in [5, 5.41) is 0.532. The largest absolute Gasteiger partial charge is 0.437 e. The molecule has 0 unspecified atom stereocenters. The molecule has 0 bridgehead atoms. The molecule has 2 aromatic heterocycles. The molecule has 0 N–H and O–H groups in total. The van der Waals surface area contributed by atoms with E-state index in [1.807, 2.05) is 0 Å². The first-order valence-corrected chi connectivity index (χ1v) is 7.96. The van der Waals surface area contributed by atoms with E-state index in [2.05, 4.69) is 15.0 Å². The first-order chi connectivity index (χ1) is 10.0. The second-order valence-electron chi connectivity index (χ2n) is 4.42. The molecule has 2 heterocycles. The van der Waals surface area contributed by atoms with E-state index in [1.165, 1.54) is 18.5 Å². The van der Waals surface area contributed by atoms with Gasteiger partial charge in [0.1, 0.15) is 12.1 Å². The predicted octanol–water partition coefficient (Wildman–Crippen LogP) is 2.22. The molecule has 0 atom stereocenters. The average molecular weight is 301 g/mol. The van der Waals surface area contributed by atoms with Gasteiger partial charge in [-0.3, -0.25) is 4.98 Å². The van der Waals surface area contributed by atoms with E-state index in [1.54, 1.807) is 30.6 Å². The highest BCUT2D eigenvalue weighted by Gasteiger charge is 2.12. The van der Waals surface area contributed by atoms with Crippen LogP contribution in [0.5, 0.6) is 11.6 Å². The second-order valence-corrected chi connectivity index (χ2v) is 6.44. The third kappa shape index (κ3) is 2.82. The Hall–Kier alpha value is -2.54. The summed E-state index contributed by atoms with van der Waals surface area (Å²) in [7, 11) is -3.31. The van der Waals surface area contributed by atoms with Crippen molar-refractivity contribution < 1.29 is 13.2 Å². The van der Waals surface area contributed by atoms with Crippen molar-refractivity contribution in [2.45, 2.75) is 4.90 Å². The molecular weight excluding hydrogens is 290 g/mol. The lowest BCUT2D eigenvalue weighted by Crippen LogP contribution is -1.98. The lowest BCUT2D eigenvalue weighted by Gasteiger charge is -2.07. The summed E-state index contributed by atoms with van der Waals surface area (Å²) in [5.74, 6) is 0.806. The van der Waals surface area contributed by atoms with Crippen molar-refractivity contribution in [1.29, 1.82) is 0 Å². The zero-order valence-corrected chi connectivity index (χ0v) is 11.9. The normalized spacial score (nSPS) is 11.5. The highest BCUT2D eigenvalue weighted by atomic mass is 32.2. The number of benzene rings is 1. The Balaban J connectivity index is 2.14. The molecule has 0 fully saturated rings. The van der Waals surface area contributed by atoms with Crippen LogP contribution in [0.4, 0.5) is 0 Å². The second kappa shape index (κ2) is 5.10. The van der Waals surface area contributed by atoms with Crippen LogP contribution in [0, 0.1) is 0 Å². The molecule has 21 heavy (non-hydrogen) atoms. The lowest BCUT2D eigenvalue weighted by molar-refractivity contribution is 0.466. The minimum atomic E-state index is -3.31. The monoisotopic (exact) mass is 301 g/mol. The first kappa shape index (κ1) is 13.4. The van der Waals surface area contributed by atoms with Crippen molar-refractivity contribution >= 4 is 20.7 Å². The van der Waals surface area contributed by atoms with Gasteiger partial charge < -0.3 is 4.74 Å². The maximum absolute atomic E-state index is 11.7.